The second-order valence-electron chi connectivity index (χ2n) is 8.41. The minimum Gasteiger partial charge on any atom is -0.369 e. The Bertz CT molecular complexity index is 1150. The highest BCUT2D eigenvalue weighted by Crippen LogP contribution is 2.32. The van der Waals surface area contributed by atoms with Crippen molar-refractivity contribution >= 4 is 16.7 Å². The minimum atomic E-state index is 0.304. The number of nitrogens with one attached hydrogen (secondary N) is 1. The predicted octanol–water partition coefficient (Wildman–Crippen LogP) is 4.43. The van der Waals surface area contributed by atoms with Crippen LogP contribution in [0.1, 0.15) is 19.9 Å². The maximum atomic E-state index is 4.68. The SMILES string of the molecule is CC(C)n1nccc1-c1c[nH]c2ncc(-c3ccc(N4CCN(C)CC4)cc3)cc12. The lowest BCUT2D eigenvalue weighted by molar-refractivity contribution is 0.313. The number of nitrogens with zero attached hydrogens (tertiary/aromatic N) is 5. The monoisotopic (exact) mass is 400 g/mol. The molecule has 1 saturated heterocycles. The molecule has 30 heavy (non-hydrogen) atoms. The summed E-state index contributed by atoms with van der Waals surface area (Å²) in [5.41, 5.74) is 6.76. The summed E-state index contributed by atoms with van der Waals surface area (Å²) in [4.78, 5) is 12.8. The van der Waals surface area contributed by atoms with Gasteiger partial charge in [-0.3, -0.25) is 4.68 Å². The third-order valence-electron chi connectivity index (χ3n) is 6.04. The fraction of sp³-hybridized carbons (Fsp3) is 0.333. The van der Waals surface area contributed by atoms with E-state index in [1.165, 1.54) is 11.3 Å². The third-order valence-corrected chi connectivity index (χ3v) is 6.04. The normalized spacial score (nSPS) is 15.4. The van der Waals surface area contributed by atoms with Crippen LogP contribution in [0, 0.1) is 0 Å². The van der Waals surface area contributed by atoms with Crippen molar-refractivity contribution in [2.75, 3.05) is 38.1 Å². The first-order valence-electron chi connectivity index (χ1n) is 10.6. The number of hydrogen-bond acceptors (Lipinski definition) is 4. The average Bonchev–Trinajstić information content (AvgIpc) is 3.41. The Hall–Kier alpha value is -3.12. The fourth-order valence-corrected chi connectivity index (χ4v) is 4.24. The van der Waals surface area contributed by atoms with Crippen LogP contribution >= 0.6 is 0 Å². The first kappa shape index (κ1) is 18.9. The Balaban J connectivity index is 1.47. The molecule has 4 aromatic rings. The van der Waals surface area contributed by atoms with Gasteiger partial charge in [-0.2, -0.15) is 5.10 Å². The molecule has 0 atom stereocenters. The average molecular weight is 401 g/mol. The largest absolute Gasteiger partial charge is 0.369 e. The van der Waals surface area contributed by atoms with Gasteiger partial charge < -0.3 is 14.8 Å². The first-order valence-corrected chi connectivity index (χ1v) is 10.6. The molecule has 1 aliphatic rings. The van der Waals surface area contributed by atoms with Crippen molar-refractivity contribution in [3.05, 3.63) is 55.0 Å². The van der Waals surface area contributed by atoms with E-state index < -0.39 is 0 Å². The van der Waals surface area contributed by atoms with Gasteiger partial charge in [-0.1, -0.05) is 12.1 Å². The van der Waals surface area contributed by atoms with Crippen LogP contribution in [-0.4, -0.2) is 57.9 Å². The smallest absolute Gasteiger partial charge is 0.137 e. The molecule has 0 bridgehead atoms. The molecule has 0 unspecified atom stereocenters. The number of pyridine rings is 1. The van der Waals surface area contributed by atoms with Crippen LogP contribution in [-0.2, 0) is 0 Å². The van der Waals surface area contributed by atoms with E-state index in [0.29, 0.717) is 6.04 Å². The van der Waals surface area contributed by atoms with Gasteiger partial charge in [0, 0.05) is 73.0 Å². The molecule has 1 N–H and O–H groups in total. The molecule has 5 rings (SSSR count). The molecule has 4 heterocycles. The van der Waals surface area contributed by atoms with Crippen LogP contribution in [0.5, 0.6) is 0 Å². The number of aromatic amines is 1. The number of likely N-dealkylation sites (N-methyl/N-ethyl adjacent to an activating group) is 1. The van der Waals surface area contributed by atoms with Crippen LogP contribution in [0.15, 0.2) is 55.0 Å². The highest BCUT2D eigenvalue weighted by atomic mass is 15.3. The number of rotatable bonds is 4. The summed E-state index contributed by atoms with van der Waals surface area (Å²) in [5.74, 6) is 0. The minimum absolute atomic E-state index is 0.304. The van der Waals surface area contributed by atoms with Gasteiger partial charge in [0.1, 0.15) is 5.65 Å². The summed E-state index contributed by atoms with van der Waals surface area (Å²) in [6, 6.07) is 13.5. The second-order valence-corrected chi connectivity index (χ2v) is 8.41. The third kappa shape index (κ3) is 3.37. The van der Waals surface area contributed by atoms with E-state index in [-0.39, 0.29) is 0 Å². The lowest BCUT2D eigenvalue weighted by atomic mass is 10.0. The molecule has 6 nitrogen and oxygen atoms in total. The van der Waals surface area contributed by atoms with Crippen molar-refractivity contribution in [2.24, 2.45) is 0 Å². The van der Waals surface area contributed by atoms with Crippen LogP contribution in [0.4, 0.5) is 5.69 Å². The molecule has 154 valence electrons. The van der Waals surface area contributed by atoms with Gasteiger partial charge in [-0.25, -0.2) is 4.98 Å². The number of H-pyrrole nitrogens is 1. The Morgan fingerprint density at radius 1 is 0.967 bits per heavy atom. The van der Waals surface area contributed by atoms with Crippen molar-refractivity contribution in [1.82, 2.24) is 24.6 Å². The zero-order valence-corrected chi connectivity index (χ0v) is 17.8. The highest BCUT2D eigenvalue weighted by molar-refractivity contribution is 5.95. The molecule has 0 spiro atoms. The molecule has 6 heteroatoms. The number of hydrogen-bond donors (Lipinski definition) is 1. The van der Waals surface area contributed by atoms with Crippen molar-refractivity contribution in [1.29, 1.82) is 0 Å². The molecule has 0 aliphatic carbocycles. The molecule has 3 aromatic heterocycles. The van der Waals surface area contributed by atoms with Gasteiger partial charge in [0.25, 0.3) is 0 Å². The number of piperazine rings is 1. The van der Waals surface area contributed by atoms with Crippen LogP contribution in [0.25, 0.3) is 33.4 Å². The van der Waals surface area contributed by atoms with Gasteiger partial charge in [-0.15, -0.1) is 0 Å². The Labute approximate surface area is 177 Å². The van der Waals surface area contributed by atoms with Gasteiger partial charge in [0.05, 0.1) is 5.69 Å². The topological polar surface area (TPSA) is 53.0 Å². The predicted molar refractivity (Wildman–Crippen MR) is 123 cm³/mol. The standard InChI is InChI=1S/C24H28N6/c1-17(2)30-23(8-9-27-30)22-16-26-24-21(22)14-19(15-25-24)18-4-6-20(7-5-18)29-12-10-28(3)11-13-29/h4-9,14-17H,10-13H2,1-3H3,(H,25,26). The quantitative estimate of drug-likeness (QED) is 0.551. The molecule has 1 aliphatic heterocycles. The fourth-order valence-electron chi connectivity index (χ4n) is 4.24. The van der Waals surface area contributed by atoms with Crippen molar-refractivity contribution in [3.8, 4) is 22.4 Å². The molecule has 0 amide bonds. The lowest BCUT2D eigenvalue weighted by Crippen LogP contribution is -2.44. The van der Waals surface area contributed by atoms with Crippen LogP contribution in [0.3, 0.4) is 0 Å². The van der Waals surface area contributed by atoms with E-state index in [9.17, 15) is 0 Å². The molecule has 1 aromatic carbocycles. The number of benzene rings is 1. The lowest BCUT2D eigenvalue weighted by Gasteiger charge is -2.34. The molecular weight excluding hydrogens is 372 g/mol. The van der Waals surface area contributed by atoms with Crippen LogP contribution in [0.2, 0.25) is 0 Å². The summed E-state index contributed by atoms with van der Waals surface area (Å²) >= 11 is 0. The summed E-state index contributed by atoms with van der Waals surface area (Å²) in [6.45, 7) is 8.70. The van der Waals surface area contributed by atoms with Gasteiger partial charge in [0.2, 0.25) is 0 Å². The molecule has 0 radical (unpaired) electrons. The van der Waals surface area contributed by atoms with E-state index in [4.69, 9.17) is 0 Å². The zero-order valence-electron chi connectivity index (χ0n) is 17.8. The number of anilines is 1. The Kier molecular flexibility index (Phi) is 4.79. The summed E-state index contributed by atoms with van der Waals surface area (Å²) < 4.78 is 2.06. The molecule has 1 fully saturated rings. The summed E-state index contributed by atoms with van der Waals surface area (Å²) in [7, 11) is 2.19. The van der Waals surface area contributed by atoms with Crippen molar-refractivity contribution < 1.29 is 0 Å². The zero-order chi connectivity index (χ0) is 20.7. The second kappa shape index (κ2) is 7.61. The summed E-state index contributed by atoms with van der Waals surface area (Å²) in [5, 5.41) is 5.62. The van der Waals surface area contributed by atoms with Crippen molar-refractivity contribution in [3.63, 3.8) is 0 Å². The van der Waals surface area contributed by atoms with E-state index in [0.717, 1.165) is 54.0 Å². The number of fused-ring (bicyclic) bond motifs is 1. The van der Waals surface area contributed by atoms with Gasteiger partial charge in [-0.05, 0) is 50.7 Å². The molecule has 0 saturated carbocycles. The maximum Gasteiger partial charge on any atom is 0.137 e. The van der Waals surface area contributed by atoms with Gasteiger partial charge >= 0.3 is 0 Å². The van der Waals surface area contributed by atoms with Crippen molar-refractivity contribution in [2.45, 2.75) is 19.9 Å². The maximum absolute atomic E-state index is 4.68. The highest BCUT2D eigenvalue weighted by Gasteiger charge is 2.16. The van der Waals surface area contributed by atoms with Crippen LogP contribution < -0.4 is 4.90 Å². The van der Waals surface area contributed by atoms with E-state index in [1.54, 1.807) is 0 Å². The summed E-state index contributed by atoms with van der Waals surface area (Å²) in [6.07, 6.45) is 5.85. The van der Waals surface area contributed by atoms with E-state index >= 15 is 0 Å². The Morgan fingerprint density at radius 2 is 1.73 bits per heavy atom. The Morgan fingerprint density at radius 3 is 2.47 bits per heavy atom. The first-order chi connectivity index (χ1) is 14.6. The molecular formula is C24H28N6. The van der Waals surface area contributed by atoms with E-state index in [1.807, 2.05) is 18.6 Å². The van der Waals surface area contributed by atoms with Gasteiger partial charge in [0.15, 0.2) is 0 Å². The number of aromatic nitrogens is 4. The van der Waals surface area contributed by atoms with E-state index in [2.05, 4.69) is 86.8 Å².